The van der Waals surface area contributed by atoms with Gasteiger partial charge in [0.1, 0.15) is 5.75 Å². The first-order valence-corrected chi connectivity index (χ1v) is 9.93. The zero-order chi connectivity index (χ0) is 18.8. The quantitative estimate of drug-likeness (QED) is 0.551. The molecule has 0 atom stereocenters. The highest BCUT2D eigenvalue weighted by Gasteiger charge is 2.34. The summed E-state index contributed by atoms with van der Waals surface area (Å²) in [6.45, 7) is 13.3. The summed E-state index contributed by atoms with van der Waals surface area (Å²) in [6, 6.07) is 8.53. The SMILES string of the molecule is CCNC(=NCC1(c2ccc(OCC)cc2)CCOCC1)NCC(C)C. The summed E-state index contributed by atoms with van der Waals surface area (Å²) >= 11 is 0. The van der Waals surface area contributed by atoms with Gasteiger partial charge in [0.05, 0.1) is 13.2 Å². The zero-order valence-electron chi connectivity index (χ0n) is 16.8. The highest BCUT2D eigenvalue weighted by molar-refractivity contribution is 5.79. The summed E-state index contributed by atoms with van der Waals surface area (Å²) in [5, 5.41) is 6.80. The van der Waals surface area contributed by atoms with Crippen LogP contribution in [0.2, 0.25) is 0 Å². The molecule has 2 rings (SSSR count). The average molecular weight is 362 g/mol. The molecule has 5 nitrogen and oxygen atoms in total. The van der Waals surface area contributed by atoms with Gasteiger partial charge in [0.2, 0.25) is 0 Å². The van der Waals surface area contributed by atoms with Crippen LogP contribution in [0.4, 0.5) is 0 Å². The fourth-order valence-corrected chi connectivity index (χ4v) is 3.24. The van der Waals surface area contributed by atoms with Gasteiger partial charge in [-0.1, -0.05) is 26.0 Å². The number of ether oxygens (including phenoxy) is 2. The van der Waals surface area contributed by atoms with Gasteiger partial charge in [0, 0.05) is 31.7 Å². The average Bonchev–Trinajstić information content (AvgIpc) is 2.65. The highest BCUT2D eigenvalue weighted by Crippen LogP contribution is 2.36. The second-order valence-electron chi connectivity index (χ2n) is 7.32. The van der Waals surface area contributed by atoms with Gasteiger partial charge < -0.3 is 20.1 Å². The fourth-order valence-electron chi connectivity index (χ4n) is 3.24. The molecule has 0 aliphatic carbocycles. The molecule has 0 spiro atoms. The lowest BCUT2D eigenvalue weighted by atomic mass is 9.74. The minimum absolute atomic E-state index is 0.0309. The van der Waals surface area contributed by atoms with Crippen LogP contribution in [0.25, 0.3) is 0 Å². The molecule has 0 amide bonds. The van der Waals surface area contributed by atoms with Gasteiger partial charge in [0.25, 0.3) is 0 Å². The molecule has 0 saturated carbocycles. The molecule has 0 bridgehead atoms. The van der Waals surface area contributed by atoms with E-state index < -0.39 is 0 Å². The van der Waals surface area contributed by atoms with Crippen LogP contribution < -0.4 is 15.4 Å². The minimum Gasteiger partial charge on any atom is -0.494 e. The maximum atomic E-state index is 5.64. The largest absolute Gasteiger partial charge is 0.494 e. The topological polar surface area (TPSA) is 54.9 Å². The van der Waals surface area contributed by atoms with E-state index in [4.69, 9.17) is 14.5 Å². The van der Waals surface area contributed by atoms with Crippen molar-refractivity contribution in [3.63, 3.8) is 0 Å². The fraction of sp³-hybridized carbons (Fsp3) is 0.667. The highest BCUT2D eigenvalue weighted by atomic mass is 16.5. The Morgan fingerprint density at radius 3 is 2.42 bits per heavy atom. The van der Waals surface area contributed by atoms with E-state index in [1.165, 1.54) is 5.56 Å². The van der Waals surface area contributed by atoms with Crippen molar-refractivity contribution in [2.75, 3.05) is 39.5 Å². The maximum Gasteiger partial charge on any atom is 0.191 e. The standard InChI is InChI=1S/C21H35N3O2/c1-5-22-20(23-15-17(3)4)24-16-21(11-13-25-14-12-21)18-7-9-19(10-8-18)26-6-2/h7-10,17H,5-6,11-16H2,1-4H3,(H2,22,23,24). The van der Waals surface area contributed by atoms with Crippen LogP contribution in [-0.4, -0.2) is 45.4 Å². The van der Waals surface area contributed by atoms with Crippen LogP contribution in [0, 0.1) is 5.92 Å². The smallest absolute Gasteiger partial charge is 0.191 e. The van der Waals surface area contributed by atoms with E-state index in [-0.39, 0.29) is 5.41 Å². The van der Waals surface area contributed by atoms with Gasteiger partial charge in [-0.05, 0) is 50.3 Å². The van der Waals surface area contributed by atoms with Crippen molar-refractivity contribution in [1.29, 1.82) is 0 Å². The summed E-state index contributed by atoms with van der Waals surface area (Å²) < 4.78 is 11.2. The molecule has 0 radical (unpaired) electrons. The molecule has 0 unspecified atom stereocenters. The Kier molecular flexibility index (Phi) is 8.23. The van der Waals surface area contributed by atoms with Crippen LogP contribution in [0.5, 0.6) is 5.75 Å². The normalized spacial score (nSPS) is 17.2. The first-order valence-electron chi connectivity index (χ1n) is 9.93. The Bertz CT molecular complexity index is 549. The van der Waals surface area contributed by atoms with Crippen LogP contribution in [0.1, 0.15) is 46.1 Å². The maximum absolute atomic E-state index is 5.64. The molecule has 1 aliphatic heterocycles. The van der Waals surface area contributed by atoms with E-state index in [1.807, 2.05) is 6.92 Å². The summed E-state index contributed by atoms with van der Waals surface area (Å²) in [6.07, 6.45) is 1.99. The number of aliphatic imine (C=N–C) groups is 1. The molecule has 1 heterocycles. The molecule has 1 saturated heterocycles. The Morgan fingerprint density at radius 1 is 1.15 bits per heavy atom. The van der Waals surface area contributed by atoms with Gasteiger partial charge in [-0.3, -0.25) is 4.99 Å². The number of nitrogens with one attached hydrogen (secondary N) is 2. The monoisotopic (exact) mass is 361 g/mol. The number of nitrogens with zero attached hydrogens (tertiary/aromatic N) is 1. The summed E-state index contributed by atoms with van der Waals surface area (Å²) in [7, 11) is 0. The second kappa shape index (κ2) is 10.4. The molecule has 1 fully saturated rings. The first-order chi connectivity index (χ1) is 12.6. The lowest BCUT2D eigenvalue weighted by Gasteiger charge is -2.36. The lowest BCUT2D eigenvalue weighted by Crippen LogP contribution is -2.42. The van der Waals surface area contributed by atoms with Crippen molar-refractivity contribution in [2.45, 2.75) is 46.0 Å². The third-order valence-electron chi connectivity index (χ3n) is 4.79. The van der Waals surface area contributed by atoms with Crippen molar-refractivity contribution in [3.8, 4) is 5.75 Å². The van der Waals surface area contributed by atoms with Gasteiger partial charge in [0.15, 0.2) is 5.96 Å². The number of guanidine groups is 1. The van der Waals surface area contributed by atoms with Gasteiger partial charge in [-0.15, -0.1) is 0 Å². The van der Waals surface area contributed by atoms with E-state index in [0.717, 1.165) is 57.4 Å². The second-order valence-corrected chi connectivity index (χ2v) is 7.32. The van der Waals surface area contributed by atoms with Crippen LogP contribution >= 0.6 is 0 Å². The third-order valence-corrected chi connectivity index (χ3v) is 4.79. The van der Waals surface area contributed by atoms with E-state index in [2.05, 4.69) is 55.7 Å². The summed E-state index contributed by atoms with van der Waals surface area (Å²) in [5.41, 5.74) is 1.36. The lowest BCUT2D eigenvalue weighted by molar-refractivity contribution is 0.0531. The number of rotatable bonds is 8. The molecule has 1 aliphatic rings. The van der Waals surface area contributed by atoms with Gasteiger partial charge in [-0.25, -0.2) is 0 Å². The van der Waals surface area contributed by atoms with Crippen molar-refractivity contribution >= 4 is 5.96 Å². The molecular weight excluding hydrogens is 326 g/mol. The third kappa shape index (κ3) is 5.90. The molecule has 26 heavy (non-hydrogen) atoms. The van der Waals surface area contributed by atoms with Crippen LogP contribution in [0.3, 0.4) is 0 Å². The van der Waals surface area contributed by atoms with Crippen molar-refractivity contribution in [1.82, 2.24) is 10.6 Å². The van der Waals surface area contributed by atoms with Gasteiger partial charge >= 0.3 is 0 Å². The van der Waals surface area contributed by atoms with E-state index in [9.17, 15) is 0 Å². The molecule has 1 aromatic rings. The van der Waals surface area contributed by atoms with Crippen molar-refractivity contribution in [2.24, 2.45) is 10.9 Å². The number of hydrogen-bond acceptors (Lipinski definition) is 3. The molecule has 5 heteroatoms. The van der Waals surface area contributed by atoms with Crippen molar-refractivity contribution in [3.05, 3.63) is 29.8 Å². The summed E-state index contributed by atoms with van der Waals surface area (Å²) in [5.74, 6) is 2.41. The molecular formula is C21H35N3O2. The predicted molar refractivity (Wildman–Crippen MR) is 108 cm³/mol. The molecule has 2 N–H and O–H groups in total. The Morgan fingerprint density at radius 2 is 1.85 bits per heavy atom. The predicted octanol–water partition coefficient (Wildman–Crippen LogP) is 3.34. The van der Waals surface area contributed by atoms with E-state index in [0.29, 0.717) is 12.5 Å². The Labute approximate surface area is 158 Å². The van der Waals surface area contributed by atoms with Gasteiger partial charge in [-0.2, -0.15) is 0 Å². The molecule has 0 aromatic heterocycles. The zero-order valence-corrected chi connectivity index (χ0v) is 16.8. The number of benzene rings is 1. The Balaban J connectivity index is 2.17. The Hall–Kier alpha value is -1.75. The number of hydrogen-bond donors (Lipinski definition) is 2. The van der Waals surface area contributed by atoms with Crippen LogP contribution in [-0.2, 0) is 10.2 Å². The van der Waals surface area contributed by atoms with Crippen molar-refractivity contribution < 1.29 is 9.47 Å². The first kappa shape index (κ1) is 20.6. The van der Waals surface area contributed by atoms with E-state index >= 15 is 0 Å². The molecule has 1 aromatic carbocycles. The van der Waals surface area contributed by atoms with Crippen LogP contribution in [0.15, 0.2) is 29.3 Å². The minimum atomic E-state index is 0.0309. The molecule has 146 valence electrons. The van der Waals surface area contributed by atoms with E-state index in [1.54, 1.807) is 0 Å². The summed E-state index contributed by atoms with van der Waals surface area (Å²) in [4.78, 5) is 4.92.